The first-order valence-corrected chi connectivity index (χ1v) is 12.4. The van der Waals surface area contributed by atoms with E-state index in [1.54, 1.807) is 23.1 Å². The van der Waals surface area contributed by atoms with Crippen molar-refractivity contribution < 1.29 is 13.2 Å². The minimum absolute atomic E-state index is 0.0870. The van der Waals surface area contributed by atoms with Gasteiger partial charge in [-0.25, -0.2) is 8.42 Å². The van der Waals surface area contributed by atoms with Gasteiger partial charge in [-0.05, 0) is 58.8 Å². The summed E-state index contributed by atoms with van der Waals surface area (Å²) >= 11 is 9.08. The number of para-hydroxylation sites is 1. The van der Waals surface area contributed by atoms with Crippen molar-refractivity contribution in [1.82, 2.24) is 4.31 Å². The summed E-state index contributed by atoms with van der Waals surface area (Å²) in [6.45, 7) is -0.297. The van der Waals surface area contributed by atoms with Gasteiger partial charge in [0.2, 0.25) is 15.9 Å². The summed E-state index contributed by atoms with van der Waals surface area (Å²) in [7, 11) is -2.41. The lowest BCUT2D eigenvalue weighted by molar-refractivity contribution is -0.116. The lowest BCUT2D eigenvalue weighted by Crippen LogP contribution is -2.35. The minimum Gasteiger partial charge on any atom is -0.324 e. The van der Waals surface area contributed by atoms with Crippen LogP contribution in [0.1, 0.15) is 5.56 Å². The van der Waals surface area contributed by atoms with Crippen molar-refractivity contribution in [3.8, 4) is 0 Å². The Kier molecular flexibility index (Phi) is 7.37. The molecule has 0 saturated heterocycles. The summed E-state index contributed by atoms with van der Waals surface area (Å²) in [5.41, 5.74) is 1.88. The zero-order valence-corrected chi connectivity index (χ0v) is 18.7. The zero-order valence-electron chi connectivity index (χ0n) is 15.5. The predicted molar refractivity (Wildman–Crippen MR) is 120 cm³/mol. The first-order valence-electron chi connectivity index (χ1n) is 8.61. The van der Waals surface area contributed by atoms with Crippen LogP contribution in [-0.2, 0) is 20.6 Å². The minimum atomic E-state index is -3.78. The van der Waals surface area contributed by atoms with Gasteiger partial charge in [0.25, 0.3) is 0 Å². The Bertz CT molecular complexity index is 1070. The third kappa shape index (κ3) is 5.83. The van der Waals surface area contributed by atoms with Crippen molar-refractivity contribution >= 4 is 56.3 Å². The van der Waals surface area contributed by atoms with Crippen LogP contribution in [0.4, 0.5) is 5.69 Å². The fourth-order valence-corrected chi connectivity index (χ4v) is 5.47. The molecule has 0 unspecified atom stereocenters. The van der Waals surface area contributed by atoms with Crippen molar-refractivity contribution in [3.05, 3.63) is 75.9 Å². The fourth-order valence-electron chi connectivity index (χ4n) is 2.50. The number of amides is 1. The Labute approximate surface area is 183 Å². The van der Waals surface area contributed by atoms with Crippen molar-refractivity contribution in [2.75, 3.05) is 18.9 Å². The number of nitrogens with zero attached hydrogens (tertiary/aromatic N) is 1. The second-order valence-electron chi connectivity index (χ2n) is 6.18. The maximum absolute atomic E-state index is 12.6. The summed E-state index contributed by atoms with van der Waals surface area (Å²) in [6.07, 6.45) is 0. The van der Waals surface area contributed by atoms with Crippen LogP contribution < -0.4 is 5.32 Å². The topological polar surface area (TPSA) is 66.5 Å². The molecule has 29 heavy (non-hydrogen) atoms. The highest BCUT2D eigenvalue weighted by Gasteiger charge is 2.23. The Morgan fingerprint density at radius 3 is 2.55 bits per heavy atom. The molecule has 9 heteroatoms. The third-order valence-electron chi connectivity index (χ3n) is 4.02. The van der Waals surface area contributed by atoms with Gasteiger partial charge in [0.05, 0.1) is 17.1 Å². The maximum atomic E-state index is 12.6. The van der Waals surface area contributed by atoms with Gasteiger partial charge in [0.15, 0.2) is 0 Å². The lowest BCUT2D eigenvalue weighted by Gasteiger charge is -2.17. The number of benzene rings is 2. The first-order chi connectivity index (χ1) is 13.9. The molecule has 0 atom stereocenters. The molecule has 0 spiro atoms. The lowest BCUT2D eigenvalue weighted by atomic mass is 10.3. The molecular weight excluding hydrogens is 448 g/mol. The molecule has 0 fully saturated rings. The van der Waals surface area contributed by atoms with Crippen LogP contribution in [0.3, 0.4) is 0 Å². The number of carbonyl (C=O) groups excluding carboxylic acids is 1. The van der Waals surface area contributed by atoms with Gasteiger partial charge in [-0.3, -0.25) is 4.79 Å². The van der Waals surface area contributed by atoms with Crippen LogP contribution in [-0.4, -0.2) is 32.2 Å². The average Bonchev–Trinajstić information content (AvgIpc) is 3.21. The summed E-state index contributed by atoms with van der Waals surface area (Å²) in [5, 5.41) is 7.38. The second kappa shape index (κ2) is 9.77. The fraction of sp³-hybridized carbons (Fsp3) is 0.150. The smallest absolute Gasteiger partial charge is 0.243 e. The molecule has 5 nitrogen and oxygen atoms in total. The number of halogens is 1. The van der Waals surface area contributed by atoms with Crippen molar-refractivity contribution in [3.63, 3.8) is 0 Å². The van der Waals surface area contributed by atoms with E-state index in [1.165, 1.54) is 36.9 Å². The molecule has 0 radical (unpaired) electrons. The summed E-state index contributed by atoms with van der Waals surface area (Å²) in [6, 6.07) is 15.4. The van der Waals surface area contributed by atoms with Crippen LogP contribution in [0.2, 0.25) is 5.02 Å². The van der Waals surface area contributed by atoms with E-state index in [9.17, 15) is 13.2 Å². The number of hydrogen-bond acceptors (Lipinski definition) is 5. The Balaban J connectivity index is 1.65. The molecule has 0 saturated carbocycles. The number of carbonyl (C=O) groups is 1. The van der Waals surface area contributed by atoms with Gasteiger partial charge < -0.3 is 5.32 Å². The molecule has 1 amide bonds. The maximum Gasteiger partial charge on any atom is 0.243 e. The van der Waals surface area contributed by atoms with Crippen LogP contribution in [0.15, 0.2) is 75.1 Å². The van der Waals surface area contributed by atoms with E-state index in [2.05, 4.69) is 16.8 Å². The molecule has 1 aromatic heterocycles. The van der Waals surface area contributed by atoms with E-state index in [4.69, 9.17) is 11.6 Å². The molecule has 1 N–H and O–H groups in total. The van der Waals surface area contributed by atoms with Crippen molar-refractivity contribution in [1.29, 1.82) is 0 Å². The van der Waals surface area contributed by atoms with Gasteiger partial charge in [-0.2, -0.15) is 15.6 Å². The number of rotatable bonds is 8. The van der Waals surface area contributed by atoms with Crippen LogP contribution in [0, 0.1) is 0 Å². The summed E-state index contributed by atoms with van der Waals surface area (Å²) in [5.74, 6) is 0.384. The number of thiophene rings is 1. The highest BCUT2D eigenvalue weighted by molar-refractivity contribution is 7.98. The zero-order chi connectivity index (χ0) is 20.9. The summed E-state index contributed by atoms with van der Waals surface area (Å²) in [4.78, 5) is 13.5. The van der Waals surface area contributed by atoms with Gasteiger partial charge in [0.1, 0.15) is 0 Å². The number of nitrogens with one attached hydrogen (secondary N) is 1. The van der Waals surface area contributed by atoms with E-state index in [1.807, 2.05) is 29.6 Å². The molecule has 0 bridgehead atoms. The SMILES string of the molecule is CN(CC(=O)Nc1ccccc1SCc1ccsc1)S(=O)(=O)c1ccc(Cl)cc1. The van der Waals surface area contributed by atoms with Gasteiger partial charge in [-0.1, -0.05) is 23.7 Å². The van der Waals surface area contributed by atoms with Crippen molar-refractivity contribution in [2.24, 2.45) is 0 Å². The molecule has 152 valence electrons. The molecular formula is C20H19ClN2O3S3. The normalized spacial score (nSPS) is 11.6. The number of thioether (sulfide) groups is 1. The Morgan fingerprint density at radius 2 is 1.86 bits per heavy atom. The molecule has 0 aliphatic rings. The van der Waals surface area contributed by atoms with E-state index < -0.39 is 15.9 Å². The standard InChI is InChI=1S/C20H19ClN2O3S3/c1-23(29(25,26)17-8-6-16(21)7-9-17)12-20(24)22-18-4-2-3-5-19(18)28-14-15-10-11-27-13-15/h2-11,13H,12,14H2,1H3,(H,22,24). The molecule has 3 rings (SSSR count). The van der Waals surface area contributed by atoms with E-state index in [0.717, 1.165) is 15.0 Å². The summed E-state index contributed by atoms with van der Waals surface area (Å²) < 4.78 is 26.3. The number of likely N-dealkylation sites (N-methyl/N-ethyl adjacent to an activating group) is 1. The van der Waals surface area contributed by atoms with Crippen LogP contribution >= 0.6 is 34.7 Å². The first kappa shape index (κ1) is 21.9. The Morgan fingerprint density at radius 1 is 1.14 bits per heavy atom. The quantitative estimate of drug-likeness (QED) is 0.477. The van der Waals surface area contributed by atoms with Gasteiger partial charge in [-0.15, -0.1) is 11.8 Å². The van der Waals surface area contributed by atoms with E-state index >= 15 is 0 Å². The van der Waals surface area contributed by atoms with Crippen LogP contribution in [0.25, 0.3) is 0 Å². The van der Waals surface area contributed by atoms with Gasteiger partial charge >= 0.3 is 0 Å². The highest BCUT2D eigenvalue weighted by atomic mass is 35.5. The molecule has 1 heterocycles. The molecule has 2 aromatic carbocycles. The predicted octanol–water partition coefficient (Wildman–Crippen LogP) is 4.95. The highest BCUT2D eigenvalue weighted by Crippen LogP contribution is 2.30. The molecule has 0 aliphatic heterocycles. The van der Waals surface area contributed by atoms with Gasteiger partial charge in [0, 0.05) is 22.7 Å². The average molecular weight is 467 g/mol. The number of sulfonamides is 1. The number of anilines is 1. The second-order valence-corrected chi connectivity index (χ2v) is 10.5. The Hall–Kier alpha value is -1.84. The number of hydrogen-bond donors (Lipinski definition) is 1. The van der Waals surface area contributed by atoms with Crippen molar-refractivity contribution in [2.45, 2.75) is 15.5 Å². The molecule has 3 aromatic rings. The third-order valence-corrected chi connectivity index (χ3v) is 7.97. The van der Waals surface area contributed by atoms with Crippen LogP contribution in [0.5, 0.6) is 0 Å². The monoisotopic (exact) mass is 466 g/mol. The van der Waals surface area contributed by atoms with E-state index in [0.29, 0.717) is 10.7 Å². The largest absolute Gasteiger partial charge is 0.324 e. The van der Waals surface area contributed by atoms with E-state index in [-0.39, 0.29) is 11.4 Å². The molecule has 0 aliphatic carbocycles.